The molecule has 1 amide bonds. The van der Waals surface area contributed by atoms with Gasteiger partial charge in [0.25, 0.3) is 11.5 Å². The van der Waals surface area contributed by atoms with Gasteiger partial charge >= 0.3 is 0 Å². The molecule has 0 bridgehead atoms. The molecule has 0 saturated heterocycles. The molecule has 0 aliphatic carbocycles. The fourth-order valence-electron chi connectivity index (χ4n) is 3.04. The topological polar surface area (TPSA) is 77.3 Å². The van der Waals surface area contributed by atoms with Crippen LogP contribution in [-0.2, 0) is 7.05 Å². The number of methoxy groups -OCH3 is 1. The van der Waals surface area contributed by atoms with E-state index in [0.717, 1.165) is 0 Å². The molecule has 3 rings (SSSR count). The number of aromatic nitrogens is 2. The molecule has 0 aliphatic heterocycles. The molecule has 0 aliphatic rings. The molecule has 2 aromatic carbocycles. The predicted molar refractivity (Wildman–Crippen MR) is 124 cm³/mol. The summed E-state index contributed by atoms with van der Waals surface area (Å²) in [5.41, 5.74) is 1.49. The number of para-hydroxylation sites is 1. The minimum Gasteiger partial charge on any atom is -0.497 e. The van der Waals surface area contributed by atoms with Gasteiger partial charge < -0.3 is 15.4 Å². The number of alkyl halides is 3. The van der Waals surface area contributed by atoms with Crippen LogP contribution in [0.4, 0.5) is 5.69 Å². The lowest BCUT2D eigenvalue weighted by Crippen LogP contribution is -2.49. The molecule has 0 fully saturated rings. The number of amides is 1. The first-order valence-corrected chi connectivity index (χ1v) is 10.4. The maximum absolute atomic E-state index is 13.1. The lowest BCUT2D eigenvalue weighted by molar-refractivity contribution is 0.0941. The van der Waals surface area contributed by atoms with Gasteiger partial charge in [-0.25, -0.2) is 4.68 Å². The molecule has 0 saturated carbocycles. The highest BCUT2D eigenvalue weighted by Crippen LogP contribution is 2.31. The van der Waals surface area contributed by atoms with Gasteiger partial charge in [-0.1, -0.05) is 53.0 Å². The van der Waals surface area contributed by atoms with E-state index in [2.05, 4.69) is 10.6 Å². The third kappa shape index (κ3) is 5.01. The number of anilines is 1. The summed E-state index contributed by atoms with van der Waals surface area (Å²) in [5.74, 6) is 0.123. The van der Waals surface area contributed by atoms with Crippen LogP contribution in [0.25, 0.3) is 5.69 Å². The molecule has 164 valence electrons. The largest absolute Gasteiger partial charge is 0.497 e. The van der Waals surface area contributed by atoms with E-state index < -0.39 is 15.9 Å². The second kappa shape index (κ2) is 9.26. The number of carbonyl (C=O) groups excluding carboxylic acids is 1. The average molecular weight is 484 g/mol. The van der Waals surface area contributed by atoms with Crippen LogP contribution in [0.1, 0.15) is 16.1 Å². The first-order chi connectivity index (χ1) is 14.6. The number of nitrogens with zero attached hydrogens (tertiary/aromatic N) is 2. The van der Waals surface area contributed by atoms with Crippen LogP contribution < -0.4 is 20.9 Å². The summed E-state index contributed by atoms with van der Waals surface area (Å²) >= 11 is 18.3. The van der Waals surface area contributed by atoms with E-state index in [9.17, 15) is 9.59 Å². The van der Waals surface area contributed by atoms with Crippen molar-refractivity contribution in [2.45, 2.75) is 16.9 Å². The Labute approximate surface area is 194 Å². The van der Waals surface area contributed by atoms with Crippen LogP contribution in [0, 0.1) is 6.92 Å². The fourth-order valence-corrected chi connectivity index (χ4v) is 3.36. The number of ether oxygens (including phenoxy) is 1. The minimum atomic E-state index is -1.94. The van der Waals surface area contributed by atoms with Crippen molar-refractivity contribution in [3.05, 3.63) is 76.2 Å². The highest BCUT2D eigenvalue weighted by molar-refractivity contribution is 6.68. The van der Waals surface area contributed by atoms with Gasteiger partial charge in [0.2, 0.25) is 3.79 Å². The third-order valence-electron chi connectivity index (χ3n) is 4.80. The van der Waals surface area contributed by atoms with Crippen LogP contribution >= 0.6 is 34.8 Å². The lowest BCUT2D eigenvalue weighted by Gasteiger charge is -2.27. The van der Waals surface area contributed by atoms with Gasteiger partial charge in [0.05, 0.1) is 18.5 Å². The molecular weight excluding hydrogens is 463 g/mol. The molecule has 0 radical (unpaired) electrons. The van der Waals surface area contributed by atoms with Gasteiger partial charge in [-0.3, -0.25) is 14.3 Å². The van der Waals surface area contributed by atoms with Crippen molar-refractivity contribution < 1.29 is 9.53 Å². The number of benzene rings is 2. The van der Waals surface area contributed by atoms with E-state index in [4.69, 9.17) is 39.5 Å². The highest BCUT2D eigenvalue weighted by Gasteiger charge is 2.36. The second-order valence-corrected chi connectivity index (χ2v) is 9.13. The zero-order chi connectivity index (χ0) is 22.8. The van der Waals surface area contributed by atoms with Gasteiger partial charge in [-0.15, -0.1) is 0 Å². The number of hydrogen-bond donors (Lipinski definition) is 2. The first-order valence-electron chi connectivity index (χ1n) is 9.25. The molecule has 0 spiro atoms. The van der Waals surface area contributed by atoms with Crippen molar-refractivity contribution in [3.63, 3.8) is 0 Å². The summed E-state index contributed by atoms with van der Waals surface area (Å²) in [5, 5.41) is 5.54. The van der Waals surface area contributed by atoms with E-state index in [1.165, 1.54) is 11.8 Å². The van der Waals surface area contributed by atoms with E-state index >= 15 is 0 Å². The Kier molecular flexibility index (Phi) is 6.89. The Morgan fingerprint density at radius 3 is 2.23 bits per heavy atom. The van der Waals surface area contributed by atoms with Crippen molar-refractivity contribution in [2.24, 2.45) is 7.05 Å². The summed E-state index contributed by atoms with van der Waals surface area (Å²) in [6.45, 7) is 1.75. The number of halogens is 3. The lowest BCUT2D eigenvalue weighted by atomic mass is 10.2. The normalized spacial score (nSPS) is 12.3. The Bertz CT molecular complexity index is 1120. The van der Waals surface area contributed by atoms with E-state index in [1.807, 2.05) is 30.3 Å². The van der Waals surface area contributed by atoms with E-state index in [-0.39, 0.29) is 11.2 Å². The van der Waals surface area contributed by atoms with Gasteiger partial charge in [0.15, 0.2) is 0 Å². The monoisotopic (exact) mass is 482 g/mol. The molecule has 10 heteroatoms. The van der Waals surface area contributed by atoms with E-state index in [1.54, 1.807) is 42.9 Å². The zero-order valence-electron chi connectivity index (χ0n) is 17.0. The number of carbonyl (C=O) groups is 1. The van der Waals surface area contributed by atoms with Gasteiger partial charge in [0, 0.05) is 12.6 Å². The molecule has 2 N–H and O–H groups in total. The Morgan fingerprint density at radius 1 is 1.06 bits per heavy atom. The molecule has 1 atom stereocenters. The number of nitrogens with one attached hydrogen (secondary N) is 2. The maximum Gasteiger partial charge on any atom is 0.295 e. The molecule has 7 nitrogen and oxygen atoms in total. The molecule has 0 unspecified atom stereocenters. The van der Waals surface area contributed by atoms with Crippen molar-refractivity contribution in [2.75, 3.05) is 12.4 Å². The van der Waals surface area contributed by atoms with Crippen LogP contribution in [0.15, 0.2) is 59.4 Å². The maximum atomic E-state index is 13.1. The van der Waals surface area contributed by atoms with Gasteiger partial charge in [-0.2, -0.15) is 0 Å². The van der Waals surface area contributed by atoms with Crippen LogP contribution in [0.2, 0.25) is 0 Å². The summed E-state index contributed by atoms with van der Waals surface area (Å²) in [7, 11) is 3.28. The number of hydrogen-bond acceptors (Lipinski definition) is 4. The fraction of sp³-hybridized carbons (Fsp3) is 0.238. The average Bonchev–Trinajstić information content (AvgIpc) is 2.96. The number of rotatable bonds is 6. The zero-order valence-corrected chi connectivity index (χ0v) is 19.3. The Hall–Kier alpha value is -2.61. The van der Waals surface area contributed by atoms with Crippen molar-refractivity contribution in [1.29, 1.82) is 0 Å². The quantitative estimate of drug-likeness (QED) is 0.410. The third-order valence-corrected chi connectivity index (χ3v) is 5.45. The molecular formula is C21H21Cl3N4O3. The molecule has 1 aromatic heterocycles. The summed E-state index contributed by atoms with van der Waals surface area (Å²) < 4.78 is 6.32. The summed E-state index contributed by atoms with van der Waals surface area (Å²) in [6, 6.07) is 15.6. The van der Waals surface area contributed by atoms with Crippen LogP contribution in [0.5, 0.6) is 5.75 Å². The highest BCUT2D eigenvalue weighted by atomic mass is 35.6. The second-order valence-electron chi connectivity index (χ2n) is 6.76. The van der Waals surface area contributed by atoms with Crippen molar-refractivity contribution in [3.8, 4) is 11.4 Å². The van der Waals surface area contributed by atoms with E-state index in [0.29, 0.717) is 22.7 Å². The van der Waals surface area contributed by atoms with Crippen molar-refractivity contribution in [1.82, 2.24) is 14.7 Å². The smallest absolute Gasteiger partial charge is 0.295 e. The summed E-state index contributed by atoms with van der Waals surface area (Å²) in [4.78, 5) is 25.8. The summed E-state index contributed by atoms with van der Waals surface area (Å²) in [6.07, 6.45) is -1.18. The Morgan fingerprint density at radius 2 is 1.68 bits per heavy atom. The molecule has 3 aromatic rings. The molecule has 1 heterocycles. The standard InChI is InChI=1S/C21H21Cl3N4O3/c1-13-17(19(30)28(27(13)2)15-7-5-4-6-8-15)25-20(21(22,23)24)26-18(29)14-9-11-16(31-3)12-10-14/h4-12,20,25H,1-3H3,(H,26,29)/t20-/m1/s1. The minimum absolute atomic E-state index is 0.206. The van der Waals surface area contributed by atoms with Crippen molar-refractivity contribution >= 4 is 46.4 Å². The van der Waals surface area contributed by atoms with Crippen LogP contribution in [-0.4, -0.2) is 32.3 Å². The van der Waals surface area contributed by atoms with Gasteiger partial charge in [-0.05, 0) is 43.3 Å². The Balaban J connectivity index is 1.91. The van der Waals surface area contributed by atoms with Gasteiger partial charge in [0.1, 0.15) is 17.6 Å². The first kappa shape index (κ1) is 23.1. The predicted octanol–water partition coefficient (Wildman–Crippen LogP) is 4.03. The SMILES string of the molecule is COc1ccc(C(=O)N[C@@H](Nc2c(C)n(C)n(-c3ccccc3)c2=O)C(Cl)(Cl)Cl)cc1. The van der Waals surface area contributed by atoms with Crippen LogP contribution in [0.3, 0.4) is 0 Å². The molecule has 31 heavy (non-hydrogen) atoms.